The first-order valence-corrected chi connectivity index (χ1v) is 6.97. The molecule has 0 aliphatic carbocycles. The Morgan fingerprint density at radius 2 is 2.17 bits per heavy atom. The number of piperidine rings is 1. The standard InChI is InChI=1S/C14H27N3O/c1-4-8-17-9-6-12(7-10-17)16-14(18)13(15)11(3)5-2/h4,11-13H,1,5-10,15H2,2-3H3,(H,16,18). The van der Waals surface area contributed by atoms with Crippen LogP contribution in [0.4, 0.5) is 0 Å². The van der Waals surface area contributed by atoms with Crippen molar-refractivity contribution in [3.05, 3.63) is 12.7 Å². The van der Waals surface area contributed by atoms with Gasteiger partial charge < -0.3 is 11.1 Å². The molecule has 1 aliphatic rings. The van der Waals surface area contributed by atoms with Crippen molar-refractivity contribution in [1.29, 1.82) is 0 Å². The molecule has 4 heteroatoms. The number of hydrogen-bond acceptors (Lipinski definition) is 3. The first-order chi connectivity index (χ1) is 8.58. The van der Waals surface area contributed by atoms with Crippen LogP contribution in [0.15, 0.2) is 12.7 Å². The summed E-state index contributed by atoms with van der Waals surface area (Å²) in [5.74, 6) is 0.248. The van der Waals surface area contributed by atoms with Crippen LogP contribution in [0.3, 0.4) is 0 Å². The van der Waals surface area contributed by atoms with Gasteiger partial charge in [-0.2, -0.15) is 0 Å². The van der Waals surface area contributed by atoms with Crippen molar-refractivity contribution in [3.63, 3.8) is 0 Å². The van der Waals surface area contributed by atoms with Crippen LogP contribution in [0.5, 0.6) is 0 Å². The Kier molecular flexibility index (Phi) is 6.36. The highest BCUT2D eigenvalue weighted by molar-refractivity contribution is 5.82. The minimum absolute atomic E-state index is 0.00604. The molecule has 1 aliphatic heterocycles. The highest BCUT2D eigenvalue weighted by Crippen LogP contribution is 2.11. The summed E-state index contributed by atoms with van der Waals surface area (Å²) in [5, 5.41) is 3.08. The average Bonchev–Trinajstić information content (AvgIpc) is 2.39. The maximum atomic E-state index is 12.0. The number of carbonyl (C=O) groups excluding carboxylic acids is 1. The molecule has 0 aromatic rings. The smallest absolute Gasteiger partial charge is 0.237 e. The average molecular weight is 253 g/mol. The van der Waals surface area contributed by atoms with Gasteiger partial charge in [0.1, 0.15) is 0 Å². The third-order valence-electron chi connectivity index (χ3n) is 3.88. The van der Waals surface area contributed by atoms with Crippen molar-refractivity contribution in [3.8, 4) is 0 Å². The number of rotatable bonds is 6. The highest BCUT2D eigenvalue weighted by Gasteiger charge is 2.24. The molecule has 104 valence electrons. The van der Waals surface area contributed by atoms with E-state index in [0.717, 1.165) is 38.9 Å². The number of hydrogen-bond donors (Lipinski definition) is 2. The van der Waals surface area contributed by atoms with Crippen molar-refractivity contribution in [2.24, 2.45) is 11.7 Å². The number of nitrogens with zero attached hydrogens (tertiary/aromatic N) is 1. The zero-order valence-corrected chi connectivity index (χ0v) is 11.7. The summed E-state index contributed by atoms with van der Waals surface area (Å²) in [6.07, 6.45) is 4.88. The van der Waals surface area contributed by atoms with Crippen LogP contribution in [-0.4, -0.2) is 42.5 Å². The molecule has 3 N–H and O–H groups in total. The lowest BCUT2D eigenvalue weighted by Gasteiger charge is -2.32. The Morgan fingerprint density at radius 1 is 1.56 bits per heavy atom. The Labute approximate surface area is 111 Å². The summed E-state index contributed by atoms with van der Waals surface area (Å²) in [5.41, 5.74) is 5.93. The SMILES string of the molecule is C=CCN1CCC(NC(=O)C(N)C(C)CC)CC1. The van der Waals surface area contributed by atoms with Crippen molar-refractivity contribution >= 4 is 5.91 Å². The maximum absolute atomic E-state index is 12.0. The molecular weight excluding hydrogens is 226 g/mol. The first kappa shape index (κ1) is 15.2. The second kappa shape index (κ2) is 7.54. The molecule has 0 aromatic heterocycles. The first-order valence-electron chi connectivity index (χ1n) is 6.97. The molecule has 18 heavy (non-hydrogen) atoms. The summed E-state index contributed by atoms with van der Waals surface area (Å²) in [7, 11) is 0. The fourth-order valence-corrected chi connectivity index (χ4v) is 2.25. The summed E-state index contributed by atoms with van der Waals surface area (Å²) in [6.45, 7) is 10.8. The van der Waals surface area contributed by atoms with Crippen molar-refractivity contribution in [2.45, 2.75) is 45.2 Å². The Morgan fingerprint density at radius 3 is 2.67 bits per heavy atom. The summed E-state index contributed by atoms with van der Waals surface area (Å²) < 4.78 is 0. The summed E-state index contributed by atoms with van der Waals surface area (Å²) in [6, 6.07) is -0.0881. The third-order valence-corrected chi connectivity index (χ3v) is 3.88. The van der Waals surface area contributed by atoms with Crippen LogP contribution in [0, 0.1) is 5.92 Å². The van der Waals surface area contributed by atoms with Crippen LogP contribution in [0.25, 0.3) is 0 Å². The molecular formula is C14H27N3O. The number of amides is 1. The quantitative estimate of drug-likeness (QED) is 0.698. The molecule has 0 spiro atoms. The van der Waals surface area contributed by atoms with Gasteiger partial charge in [0.15, 0.2) is 0 Å². The van der Waals surface area contributed by atoms with Gasteiger partial charge in [0.05, 0.1) is 6.04 Å². The zero-order chi connectivity index (χ0) is 13.5. The molecule has 1 heterocycles. The van der Waals surface area contributed by atoms with Crippen LogP contribution >= 0.6 is 0 Å². The highest BCUT2D eigenvalue weighted by atomic mass is 16.2. The second-order valence-electron chi connectivity index (χ2n) is 5.28. The van der Waals surface area contributed by atoms with Gasteiger partial charge in [0, 0.05) is 25.7 Å². The van der Waals surface area contributed by atoms with E-state index in [-0.39, 0.29) is 23.9 Å². The minimum atomic E-state index is -0.374. The van der Waals surface area contributed by atoms with Gasteiger partial charge in [0.25, 0.3) is 0 Å². The van der Waals surface area contributed by atoms with E-state index in [1.807, 2.05) is 13.0 Å². The molecule has 0 aromatic carbocycles. The summed E-state index contributed by atoms with van der Waals surface area (Å²) in [4.78, 5) is 14.3. The molecule has 1 saturated heterocycles. The molecule has 1 amide bonds. The van der Waals surface area contributed by atoms with Crippen molar-refractivity contribution < 1.29 is 4.79 Å². The van der Waals surface area contributed by atoms with E-state index >= 15 is 0 Å². The van der Waals surface area contributed by atoms with Gasteiger partial charge in [0.2, 0.25) is 5.91 Å². The number of likely N-dealkylation sites (tertiary alicyclic amines) is 1. The van der Waals surface area contributed by atoms with Crippen LogP contribution in [-0.2, 0) is 4.79 Å². The van der Waals surface area contributed by atoms with Gasteiger partial charge >= 0.3 is 0 Å². The predicted octanol–water partition coefficient (Wildman–Crippen LogP) is 1.13. The largest absolute Gasteiger partial charge is 0.352 e. The molecule has 0 saturated carbocycles. The second-order valence-corrected chi connectivity index (χ2v) is 5.28. The van der Waals surface area contributed by atoms with Gasteiger partial charge in [-0.25, -0.2) is 0 Å². The van der Waals surface area contributed by atoms with E-state index in [0.29, 0.717) is 0 Å². The topological polar surface area (TPSA) is 58.4 Å². The van der Waals surface area contributed by atoms with E-state index in [4.69, 9.17) is 5.73 Å². The van der Waals surface area contributed by atoms with E-state index < -0.39 is 0 Å². The van der Waals surface area contributed by atoms with Crippen LogP contribution in [0.2, 0.25) is 0 Å². The third kappa shape index (κ3) is 4.42. The molecule has 0 bridgehead atoms. The predicted molar refractivity (Wildman–Crippen MR) is 75.2 cm³/mol. The molecule has 1 fully saturated rings. The van der Waals surface area contributed by atoms with Crippen molar-refractivity contribution in [1.82, 2.24) is 10.2 Å². The molecule has 2 atom stereocenters. The van der Waals surface area contributed by atoms with Gasteiger partial charge in [-0.1, -0.05) is 26.3 Å². The normalized spacial score (nSPS) is 21.3. The Bertz CT molecular complexity index is 272. The Hall–Kier alpha value is -0.870. The van der Waals surface area contributed by atoms with Gasteiger partial charge in [-0.05, 0) is 18.8 Å². The molecule has 1 rings (SSSR count). The monoisotopic (exact) mass is 253 g/mol. The lowest BCUT2D eigenvalue weighted by molar-refractivity contribution is -0.124. The molecule has 2 unspecified atom stereocenters. The van der Waals surface area contributed by atoms with E-state index in [1.165, 1.54) is 0 Å². The number of nitrogens with one attached hydrogen (secondary N) is 1. The lowest BCUT2D eigenvalue weighted by Crippen LogP contribution is -2.51. The van der Waals surface area contributed by atoms with E-state index in [1.54, 1.807) is 0 Å². The van der Waals surface area contributed by atoms with E-state index in [9.17, 15) is 4.79 Å². The van der Waals surface area contributed by atoms with E-state index in [2.05, 4.69) is 23.7 Å². The van der Waals surface area contributed by atoms with Crippen LogP contribution in [0.1, 0.15) is 33.1 Å². The van der Waals surface area contributed by atoms with Gasteiger partial charge in [-0.3, -0.25) is 9.69 Å². The van der Waals surface area contributed by atoms with Crippen molar-refractivity contribution in [2.75, 3.05) is 19.6 Å². The van der Waals surface area contributed by atoms with Gasteiger partial charge in [-0.15, -0.1) is 6.58 Å². The number of nitrogens with two attached hydrogens (primary N) is 1. The fraction of sp³-hybridized carbons (Fsp3) is 0.786. The number of carbonyl (C=O) groups is 1. The summed E-state index contributed by atoms with van der Waals surface area (Å²) >= 11 is 0. The van der Waals surface area contributed by atoms with Crippen LogP contribution < -0.4 is 11.1 Å². The zero-order valence-electron chi connectivity index (χ0n) is 11.7. The lowest BCUT2D eigenvalue weighted by atomic mass is 9.98. The molecule has 4 nitrogen and oxygen atoms in total. The maximum Gasteiger partial charge on any atom is 0.237 e. The minimum Gasteiger partial charge on any atom is -0.352 e. The Balaban J connectivity index is 2.32. The molecule has 0 radical (unpaired) electrons. The fourth-order valence-electron chi connectivity index (χ4n) is 2.25.